The van der Waals surface area contributed by atoms with E-state index in [0.29, 0.717) is 0 Å². The van der Waals surface area contributed by atoms with Crippen LogP contribution >= 0.6 is 0 Å². The SMILES string of the molecule is O=C1N=CC(C(=O)NC2CCC23CCOCC3)N1. The van der Waals surface area contributed by atoms with Crippen molar-refractivity contribution in [2.75, 3.05) is 13.2 Å². The van der Waals surface area contributed by atoms with E-state index in [9.17, 15) is 9.59 Å². The Labute approximate surface area is 105 Å². The lowest BCUT2D eigenvalue weighted by Crippen LogP contribution is -2.59. The van der Waals surface area contributed by atoms with Gasteiger partial charge < -0.3 is 15.4 Å². The number of rotatable bonds is 2. The first-order valence-electron chi connectivity index (χ1n) is 6.42. The highest BCUT2D eigenvalue weighted by Gasteiger charge is 2.48. The van der Waals surface area contributed by atoms with Crippen LogP contribution in [0.5, 0.6) is 0 Å². The number of hydrogen-bond acceptors (Lipinski definition) is 3. The minimum atomic E-state index is -0.602. The molecule has 2 heterocycles. The van der Waals surface area contributed by atoms with E-state index in [1.54, 1.807) is 0 Å². The number of urea groups is 1. The van der Waals surface area contributed by atoms with E-state index < -0.39 is 12.1 Å². The van der Waals surface area contributed by atoms with Crippen molar-refractivity contribution in [3.05, 3.63) is 0 Å². The van der Waals surface area contributed by atoms with Gasteiger partial charge in [0, 0.05) is 25.5 Å². The summed E-state index contributed by atoms with van der Waals surface area (Å²) < 4.78 is 5.38. The zero-order valence-electron chi connectivity index (χ0n) is 10.1. The average molecular weight is 251 g/mol. The first-order chi connectivity index (χ1) is 8.70. The molecule has 2 atom stereocenters. The zero-order valence-corrected chi connectivity index (χ0v) is 10.1. The summed E-state index contributed by atoms with van der Waals surface area (Å²) in [5.74, 6) is -0.153. The number of hydrogen-bond donors (Lipinski definition) is 2. The van der Waals surface area contributed by atoms with Crippen LogP contribution in [0, 0.1) is 5.41 Å². The number of aliphatic imine (C=N–C) groups is 1. The second kappa shape index (κ2) is 4.35. The Morgan fingerprint density at radius 2 is 2.22 bits per heavy atom. The van der Waals surface area contributed by atoms with Crippen molar-refractivity contribution in [3.8, 4) is 0 Å². The van der Waals surface area contributed by atoms with Crippen LogP contribution < -0.4 is 10.6 Å². The lowest BCUT2D eigenvalue weighted by molar-refractivity contribution is -0.127. The summed E-state index contributed by atoms with van der Waals surface area (Å²) in [5, 5.41) is 5.54. The number of amides is 3. The lowest BCUT2D eigenvalue weighted by Gasteiger charge is -2.52. The van der Waals surface area contributed by atoms with E-state index in [1.807, 2.05) is 0 Å². The van der Waals surface area contributed by atoms with E-state index in [0.717, 1.165) is 38.9 Å². The standard InChI is InChI=1S/C12H17N3O3/c16-10(8-7-13-11(17)14-8)15-9-1-2-12(9)3-5-18-6-4-12/h7-9H,1-6H2,(H,14,17)(H,15,16). The van der Waals surface area contributed by atoms with E-state index in [1.165, 1.54) is 6.21 Å². The van der Waals surface area contributed by atoms with Crippen molar-refractivity contribution in [2.24, 2.45) is 10.4 Å². The average Bonchev–Trinajstić information content (AvgIpc) is 2.82. The largest absolute Gasteiger partial charge is 0.381 e. The van der Waals surface area contributed by atoms with Gasteiger partial charge in [-0.25, -0.2) is 9.79 Å². The minimum absolute atomic E-state index is 0.153. The minimum Gasteiger partial charge on any atom is -0.381 e. The molecule has 3 amide bonds. The van der Waals surface area contributed by atoms with Crippen molar-refractivity contribution in [2.45, 2.75) is 37.8 Å². The van der Waals surface area contributed by atoms with Crippen LogP contribution in [-0.4, -0.2) is 43.5 Å². The molecule has 0 bridgehead atoms. The Hall–Kier alpha value is -1.43. The molecule has 0 radical (unpaired) electrons. The number of carbonyl (C=O) groups is 2. The van der Waals surface area contributed by atoms with E-state index >= 15 is 0 Å². The predicted molar refractivity (Wildman–Crippen MR) is 64.5 cm³/mol. The maximum Gasteiger partial charge on any atom is 0.341 e. The molecule has 0 aromatic heterocycles. The van der Waals surface area contributed by atoms with Crippen LogP contribution in [-0.2, 0) is 9.53 Å². The molecule has 2 unspecified atom stereocenters. The molecule has 2 N–H and O–H groups in total. The number of nitrogens with one attached hydrogen (secondary N) is 2. The van der Waals surface area contributed by atoms with Crippen LogP contribution in [0.25, 0.3) is 0 Å². The molecule has 0 aromatic rings. The van der Waals surface area contributed by atoms with Gasteiger partial charge in [-0.05, 0) is 31.1 Å². The predicted octanol–water partition coefficient (Wildman–Crippen LogP) is 0.224. The van der Waals surface area contributed by atoms with Crippen LogP contribution in [0.2, 0.25) is 0 Å². The summed E-state index contributed by atoms with van der Waals surface area (Å²) in [6.07, 6.45) is 5.58. The van der Waals surface area contributed by atoms with E-state index in [4.69, 9.17) is 4.74 Å². The van der Waals surface area contributed by atoms with Crippen molar-refractivity contribution in [1.29, 1.82) is 0 Å². The maximum absolute atomic E-state index is 12.0. The van der Waals surface area contributed by atoms with E-state index in [2.05, 4.69) is 15.6 Å². The fourth-order valence-corrected chi connectivity index (χ4v) is 3.04. The summed E-state index contributed by atoms with van der Waals surface area (Å²) in [7, 11) is 0. The van der Waals surface area contributed by atoms with Gasteiger partial charge in [0.25, 0.3) is 0 Å². The van der Waals surface area contributed by atoms with Gasteiger partial charge in [0.05, 0.1) is 0 Å². The fraction of sp³-hybridized carbons (Fsp3) is 0.750. The molecule has 6 nitrogen and oxygen atoms in total. The zero-order chi connectivity index (χ0) is 12.6. The van der Waals surface area contributed by atoms with Crippen molar-refractivity contribution < 1.29 is 14.3 Å². The Bertz CT molecular complexity index is 401. The first-order valence-corrected chi connectivity index (χ1v) is 6.42. The Morgan fingerprint density at radius 1 is 1.44 bits per heavy atom. The van der Waals surface area contributed by atoms with Crippen molar-refractivity contribution in [1.82, 2.24) is 10.6 Å². The number of ether oxygens (including phenoxy) is 1. The normalized spacial score (nSPS) is 33.0. The molecule has 1 aliphatic carbocycles. The van der Waals surface area contributed by atoms with Crippen molar-refractivity contribution in [3.63, 3.8) is 0 Å². The van der Waals surface area contributed by atoms with Gasteiger partial charge in [0.1, 0.15) is 6.04 Å². The quantitative estimate of drug-likeness (QED) is 0.737. The molecule has 1 saturated carbocycles. The highest BCUT2D eigenvalue weighted by atomic mass is 16.5. The molecular weight excluding hydrogens is 234 g/mol. The van der Waals surface area contributed by atoms with Gasteiger partial charge in [-0.1, -0.05) is 0 Å². The summed E-state index contributed by atoms with van der Waals surface area (Å²) in [4.78, 5) is 26.4. The fourth-order valence-electron chi connectivity index (χ4n) is 3.04. The molecule has 1 saturated heterocycles. The molecule has 98 valence electrons. The third kappa shape index (κ3) is 1.90. The Kier molecular flexibility index (Phi) is 2.81. The maximum atomic E-state index is 12.0. The molecule has 2 aliphatic heterocycles. The van der Waals surface area contributed by atoms with Crippen LogP contribution in [0.4, 0.5) is 4.79 Å². The third-order valence-electron chi connectivity index (χ3n) is 4.38. The monoisotopic (exact) mass is 251 g/mol. The van der Waals surface area contributed by atoms with Gasteiger partial charge in [-0.2, -0.15) is 0 Å². The van der Waals surface area contributed by atoms with Crippen LogP contribution in [0.15, 0.2) is 4.99 Å². The molecule has 3 rings (SSSR count). The van der Waals surface area contributed by atoms with Crippen molar-refractivity contribution >= 4 is 18.2 Å². The Balaban J connectivity index is 1.58. The van der Waals surface area contributed by atoms with Gasteiger partial charge >= 0.3 is 6.03 Å². The number of carbonyl (C=O) groups excluding carboxylic acids is 2. The summed E-state index contributed by atoms with van der Waals surface area (Å²) in [6.45, 7) is 1.57. The summed E-state index contributed by atoms with van der Waals surface area (Å²) in [6, 6.07) is -0.820. The Morgan fingerprint density at radius 3 is 2.78 bits per heavy atom. The molecule has 0 aromatic carbocycles. The topological polar surface area (TPSA) is 79.8 Å². The van der Waals surface area contributed by atoms with Gasteiger partial charge in [-0.15, -0.1) is 0 Å². The van der Waals surface area contributed by atoms with Gasteiger partial charge in [-0.3, -0.25) is 4.79 Å². The van der Waals surface area contributed by atoms with Gasteiger partial charge in [0.2, 0.25) is 5.91 Å². The highest BCUT2D eigenvalue weighted by Crippen LogP contribution is 2.48. The first kappa shape index (κ1) is 11.6. The molecule has 3 aliphatic rings. The molecule has 6 heteroatoms. The second-order valence-corrected chi connectivity index (χ2v) is 5.28. The smallest absolute Gasteiger partial charge is 0.341 e. The molecular formula is C12H17N3O3. The molecule has 18 heavy (non-hydrogen) atoms. The second-order valence-electron chi connectivity index (χ2n) is 5.28. The lowest BCUT2D eigenvalue weighted by atomic mass is 9.60. The highest BCUT2D eigenvalue weighted by molar-refractivity contribution is 6.07. The summed E-state index contributed by atoms with van der Waals surface area (Å²) in [5.41, 5.74) is 0.230. The van der Waals surface area contributed by atoms with Crippen LogP contribution in [0.3, 0.4) is 0 Å². The molecule has 2 fully saturated rings. The van der Waals surface area contributed by atoms with E-state index in [-0.39, 0.29) is 17.4 Å². The third-order valence-corrected chi connectivity index (χ3v) is 4.38. The van der Waals surface area contributed by atoms with Crippen LogP contribution in [0.1, 0.15) is 25.7 Å². The number of nitrogens with zero attached hydrogens (tertiary/aromatic N) is 1. The molecule has 1 spiro atoms. The van der Waals surface area contributed by atoms with Gasteiger partial charge in [0.15, 0.2) is 0 Å². The summed E-state index contributed by atoms with van der Waals surface area (Å²) >= 11 is 0.